The summed E-state index contributed by atoms with van der Waals surface area (Å²) in [6.45, 7) is 0.459. The summed E-state index contributed by atoms with van der Waals surface area (Å²) in [5.41, 5.74) is 3.06. The van der Waals surface area contributed by atoms with E-state index < -0.39 is 15.8 Å². The summed E-state index contributed by atoms with van der Waals surface area (Å²) in [5.74, 6) is -0.581. The van der Waals surface area contributed by atoms with Crippen molar-refractivity contribution in [2.24, 2.45) is 0 Å². The molecule has 1 amide bonds. The van der Waals surface area contributed by atoms with Crippen molar-refractivity contribution in [1.82, 2.24) is 0 Å². The van der Waals surface area contributed by atoms with E-state index in [4.69, 9.17) is 0 Å². The Balaban J connectivity index is 1.61. The van der Waals surface area contributed by atoms with Crippen LogP contribution in [-0.4, -0.2) is 14.3 Å². The van der Waals surface area contributed by atoms with E-state index in [1.165, 1.54) is 18.2 Å². The van der Waals surface area contributed by atoms with Gasteiger partial charge in [-0.25, -0.2) is 12.8 Å². The number of benzene rings is 3. The van der Waals surface area contributed by atoms with Gasteiger partial charge in [-0.05, 0) is 53.9 Å². The molecule has 0 atom stereocenters. The van der Waals surface area contributed by atoms with Gasteiger partial charge in [0.1, 0.15) is 5.82 Å². The van der Waals surface area contributed by atoms with Crippen LogP contribution in [-0.2, 0) is 27.8 Å². The van der Waals surface area contributed by atoms with Crippen molar-refractivity contribution < 1.29 is 17.6 Å². The Morgan fingerprint density at radius 3 is 2.48 bits per heavy atom. The number of carbonyl (C=O) groups excluding carboxylic acids is 1. The number of nitrogens with one attached hydrogen (secondary N) is 1. The molecule has 1 aliphatic rings. The Kier molecular flexibility index (Phi) is 5.07. The summed E-state index contributed by atoms with van der Waals surface area (Å²) in [7, 11) is -3.91. The van der Waals surface area contributed by atoms with Crippen molar-refractivity contribution >= 4 is 27.3 Å². The summed E-state index contributed by atoms with van der Waals surface area (Å²) in [5, 5.41) is 0. The number of anilines is 2. The smallest absolute Gasteiger partial charge is 0.261 e. The number of rotatable bonds is 5. The highest BCUT2D eigenvalue weighted by Gasteiger charge is 2.25. The van der Waals surface area contributed by atoms with Crippen LogP contribution in [0.3, 0.4) is 0 Å². The third-order valence-electron chi connectivity index (χ3n) is 4.82. The van der Waals surface area contributed by atoms with Crippen molar-refractivity contribution in [3.8, 4) is 0 Å². The number of halogens is 1. The lowest BCUT2D eigenvalue weighted by Crippen LogP contribution is -2.34. The molecule has 1 heterocycles. The molecule has 0 radical (unpaired) electrons. The zero-order valence-corrected chi connectivity index (χ0v) is 16.3. The number of sulfonamides is 1. The average molecular weight is 410 g/mol. The first-order chi connectivity index (χ1) is 13.9. The number of hydrogen-bond acceptors (Lipinski definition) is 3. The number of nitrogens with zero attached hydrogens (tertiary/aromatic N) is 1. The molecule has 1 aliphatic heterocycles. The van der Waals surface area contributed by atoms with E-state index in [2.05, 4.69) is 4.72 Å². The van der Waals surface area contributed by atoms with Crippen LogP contribution >= 0.6 is 0 Å². The maximum atomic E-state index is 13.4. The van der Waals surface area contributed by atoms with E-state index in [1.54, 1.807) is 23.1 Å². The predicted octanol–water partition coefficient (Wildman–Crippen LogP) is 4.11. The summed E-state index contributed by atoms with van der Waals surface area (Å²) in [4.78, 5) is 14.0. The second-order valence-electron chi connectivity index (χ2n) is 6.87. The number of amides is 1. The molecule has 0 aromatic heterocycles. The zero-order valence-electron chi connectivity index (χ0n) is 15.5. The molecular formula is C22H19FN2O3S. The highest BCUT2D eigenvalue weighted by Crippen LogP contribution is 2.32. The van der Waals surface area contributed by atoms with Crippen LogP contribution in [0, 0.1) is 5.82 Å². The number of aryl methyl sites for hydroxylation is 1. The Hall–Kier alpha value is -3.19. The molecule has 4 rings (SSSR count). The molecule has 5 nitrogen and oxygen atoms in total. The minimum absolute atomic E-state index is 0.0365. The number of fused-ring (bicyclic) bond motifs is 1. The molecule has 1 N–H and O–H groups in total. The Bertz CT molecular complexity index is 1160. The van der Waals surface area contributed by atoms with Gasteiger partial charge in [0.2, 0.25) is 5.91 Å². The number of carbonyl (C=O) groups is 1. The highest BCUT2D eigenvalue weighted by molar-refractivity contribution is 7.92. The predicted molar refractivity (Wildman–Crippen MR) is 110 cm³/mol. The van der Waals surface area contributed by atoms with E-state index >= 15 is 0 Å². The van der Waals surface area contributed by atoms with E-state index in [0.29, 0.717) is 25.1 Å². The molecule has 0 saturated heterocycles. The first-order valence-electron chi connectivity index (χ1n) is 9.18. The fourth-order valence-corrected chi connectivity index (χ4v) is 4.49. The molecule has 0 unspecified atom stereocenters. The molecule has 148 valence electrons. The summed E-state index contributed by atoms with van der Waals surface area (Å²) >= 11 is 0. The Labute approximate surface area is 168 Å². The average Bonchev–Trinajstić information content (AvgIpc) is 2.71. The third-order valence-corrected chi connectivity index (χ3v) is 6.20. The molecule has 29 heavy (non-hydrogen) atoms. The molecule has 0 bridgehead atoms. The molecule has 3 aromatic rings. The minimum atomic E-state index is -3.91. The summed E-state index contributed by atoms with van der Waals surface area (Å²) in [6.07, 6.45) is 0.898. The van der Waals surface area contributed by atoms with E-state index in [-0.39, 0.29) is 10.8 Å². The maximum Gasteiger partial charge on any atom is 0.261 e. The van der Waals surface area contributed by atoms with Crippen LogP contribution in [0.15, 0.2) is 77.7 Å². The van der Waals surface area contributed by atoms with Gasteiger partial charge in [-0.1, -0.05) is 36.4 Å². The largest absolute Gasteiger partial charge is 0.308 e. The molecule has 0 aliphatic carbocycles. The van der Waals surface area contributed by atoms with Crippen LogP contribution in [0.25, 0.3) is 0 Å². The van der Waals surface area contributed by atoms with Gasteiger partial charge < -0.3 is 4.90 Å². The van der Waals surface area contributed by atoms with Gasteiger partial charge >= 0.3 is 0 Å². The van der Waals surface area contributed by atoms with E-state index in [9.17, 15) is 17.6 Å². The van der Waals surface area contributed by atoms with Gasteiger partial charge in [0, 0.05) is 17.8 Å². The fourth-order valence-electron chi connectivity index (χ4n) is 3.41. The van der Waals surface area contributed by atoms with Gasteiger partial charge in [0.15, 0.2) is 0 Å². The second-order valence-corrected chi connectivity index (χ2v) is 8.55. The molecule has 0 spiro atoms. The lowest BCUT2D eigenvalue weighted by atomic mass is 10.00. The van der Waals surface area contributed by atoms with Crippen LogP contribution in [0.4, 0.5) is 15.8 Å². The van der Waals surface area contributed by atoms with Crippen molar-refractivity contribution in [2.75, 3.05) is 9.62 Å². The molecule has 7 heteroatoms. The molecule has 3 aromatic carbocycles. The lowest BCUT2D eigenvalue weighted by Gasteiger charge is -2.30. The summed E-state index contributed by atoms with van der Waals surface area (Å²) in [6, 6.07) is 19.6. The fraction of sp³-hybridized carbons (Fsp3) is 0.136. The van der Waals surface area contributed by atoms with Gasteiger partial charge in [-0.2, -0.15) is 0 Å². The standard InChI is InChI=1S/C22H19FN2O3S/c23-18-7-4-8-20(14-18)29(27,28)24-19-10-11-21-17(13-19)9-12-22(26)25(21)15-16-5-2-1-3-6-16/h1-8,10-11,13-14,24H,9,12,15H2. The first-order valence-corrected chi connectivity index (χ1v) is 10.7. The SMILES string of the molecule is O=C1CCc2cc(NS(=O)(=O)c3cccc(F)c3)ccc2N1Cc1ccccc1. The quantitative estimate of drug-likeness (QED) is 0.689. The van der Waals surface area contributed by atoms with Gasteiger partial charge in [0.25, 0.3) is 10.0 Å². The summed E-state index contributed by atoms with van der Waals surface area (Å²) < 4.78 is 41.0. The molecular weight excluding hydrogens is 391 g/mol. The first kappa shape index (κ1) is 19.1. The van der Waals surface area contributed by atoms with E-state index in [0.717, 1.165) is 22.9 Å². The molecule has 0 saturated carbocycles. The van der Waals surface area contributed by atoms with Gasteiger partial charge in [0.05, 0.1) is 11.4 Å². The second kappa shape index (κ2) is 7.67. The van der Waals surface area contributed by atoms with Crippen LogP contribution in [0.5, 0.6) is 0 Å². The lowest BCUT2D eigenvalue weighted by molar-refractivity contribution is -0.119. The number of hydrogen-bond donors (Lipinski definition) is 1. The van der Waals surface area contributed by atoms with Gasteiger partial charge in [-0.3, -0.25) is 9.52 Å². The van der Waals surface area contributed by atoms with Crippen LogP contribution in [0.1, 0.15) is 17.5 Å². The third kappa shape index (κ3) is 4.14. The highest BCUT2D eigenvalue weighted by atomic mass is 32.2. The molecule has 0 fully saturated rings. The normalized spacial score (nSPS) is 13.8. The minimum Gasteiger partial charge on any atom is -0.308 e. The maximum absolute atomic E-state index is 13.4. The van der Waals surface area contributed by atoms with Crippen LogP contribution in [0.2, 0.25) is 0 Å². The van der Waals surface area contributed by atoms with Gasteiger partial charge in [-0.15, -0.1) is 0 Å². The van der Waals surface area contributed by atoms with Crippen molar-refractivity contribution in [2.45, 2.75) is 24.3 Å². The zero-order chi connectivity index (χ0) is 20.4. The van der Waals surface area contributed by atoms with Crippen molar-refractivity contribution in [3.05, 3.63) is 89.7 Å². The Morgan fingerprint density at radius 1 is 0.931 bits per heavy atom. The van der Waals surface area contributed by atoms with E-state index in [1.807, 2.05) is 30.3 Å². The topological polar surface area (TPSA) is 66.5 Å². The Morgan fingerprint density at radius 2 is 1.72 bits per heavy atom. The monoisotopic (exact) mass is 410 g/mol. The van der Waals surface area contributed by atoms with Crippen molar-refractivity contribution in [1.29, 1.82) is 0 Å². The van der Waals surface area contributed by atoms with Crippen LogP contribution < -0.4 is 9.62 Å². The van der Waals surface area contributed by atoms with Crippen molar-refractivity contribution in [3.63, 3.8) is 0 Å².